The summed E-state index contributed by atoms with van der Waals surface area (Å²) in [6.45, 7) is 2.80. The Kier molecular flexibility index (Phi) is 3.43. The topological polar surface area (TPSA) is 109 Å². The van der Waals surface area contributed by atoms with Crippen LogP contribution in [0.5, 0.6) is 0 Å². The van der Waals surface area contributed by atoms with Gasteiger partial charge in [-0.15, -0.1) is 0 Å². The summed E-state index contributed by atoms with van der Waals surface area (Å²) in [7, 11) is 0. The fraction of sp³-hybridized carbons (Fsp3) is 0.333. The molecule has 7 nitrogen and oxygen atoms in total. The van der Waals surface area contributed by atoms with Gasteiger partial charge >= 0.3 is 0 Å². The number of anilines is 2. The number of aryl methyl sites for hydroxylation is 1. The fourth-order valence-electron chi connectivity index (χ4n) is 1.32. The van der Waals surface area contributed by atoms with Crippen LogP contribution >= 0.6 is 11.8 Å². The van der Waals surface area contributed by atoms with Crippen molar-refractivity contribution in [1.82, 2.24) is 24.7 Å². The molecule has 2 heterocycles. The second kappa shape index (κ2) is 5.00. The maximum absolute atomic E-state index is 5.59. The van der Waals surface area contributed by atoms with E-state index in [1.54, 1.807) is 0 Å². The van der Waals surface area contributed by atoms with Crippen LogP contribution in [-0.4, -0.2) is 24.7 Å². The van der Waals surface area contributed by atoms with Gasteiger partial charge in [-0.1, -0.05) is 11.8 Å². The van der Waals surface area contributed by atoms with Crippen molar-refractivity contribution >= 4 is 23.4 Å². The van der Waals surface area contributed by atoms with E-state index in [1.165, 1.54) is 24.2 Å². The minimum Gasteiger partial charge on any atom is -0.383 e. The molecule has 0 unspecified atom stereocenters. The van der Waals surface area contributed by atoms with Gasteiger partial charge in [0.15, 0.2) is 5.16 Å². The van der Waals surface area contributed by atoms with Gasteiger partial charge in [0.05, 0.1) is 5.75 Å². The molecule has 2 aromatic rings. The number of hydrogen-bond acceptors (Lipinski definition) is 7. The largest absolute Gasteiger partial charge is 0.383 e. The molecular weight excluding hydrogens is 238 g/mol. The molecule has 4 N–H and O–H groups in total. The van der Waals surface area contributed by atoms with Crippen LogP contribution < -0.4 is 11.5 Å². The Hall–Kier alpha value is -1.83. The summed E-state index contributed by atoms with van der Waals surface area (Å²) in [5.41, 5.74) is 11.2. The van der Waals surface area contributed by atoms with Gasteiger partial charge in [0.25, 0.3) is 0 Å². The molecule has 0 saturated heterocycles. The molecule has 0 atom stereocenters. The van der Waals surface area contributed by atoms with Crippen molar-refractivity contribution in [3.63, 3.8) is 0 Å². The van der Waals surface area contributed by atoms with Gasteiger partial charge in [-0.05, 0) is 6.92 Å². The number of nitrogen functional groups attached to an aromatic ring is 2. The highest BCUT2D eigenvalue weighted by Crippen LogP contribution is 2.19. The molecule has 0 aliphatic carbocycles. The monoisotopic (exact) mass is 251 g/mol. The lowest BCUT2D eigenvalue weighted by molar-refractivity contribution is 0.632. The lowest BCUT2D eigenvalue weighted by atomic mass is 10.5. The third-order valence-corrected chi connectivity index (χ3v) is 2.91. The highest BCUT2D eigenvalue weighted by atomic mass is 32.2. The van der Waals surface area contributed by atoms with Gasteiger partial charge in [0.1, 0.15) is 23.8 Å². The maximum atomic E-state index is 5.59. The molecule has 8 heteroatoms. The Labute approximate surface area is 103 Å². The van der Waals surface area contributed by atoms with E-state index in [4.69, 9.17) is 11.5 Å². The van der Waals surface area contributed by atoms with Crippen LogP contribution in [0, 0.1) is 0 Å². The molecule has 0 amide bonds. The molecule has 2 aromatic heterocycles. The van der Waals surface area contributed by atoms with Gasteiger partial charge in [-0.2, -0.15) is 5.10 Å². The fourth-order valence-corrected chi connectivity index (χ4v) is 2.14. The number of hydrogen-bond donors (Lipinski definition) is 2. The highest BCUT2D eigenvalue weighted by Gasteiger charge is 2.06. The molecule has 0 saturated carbocycles. The Morgan fingerprint density at radius 3 is 2.65 bits per heavy atom. The zero-order chi connectivity index (χ0) is 12.3. The summed E-state index contributed by atoms with van der Waals surface area (Å²) in [4.78, 5) is 12.3. The van der Waals surface area contributed by atoms with E-state index in [2.05, 4.69) is 20.1 Å². The Bertz CT molecular complexity index is 490. The summed E-state index contributed by atoms with van der Waals surface area (Å²) in [5.74, 6) is 2.26. The summed E-state index contributed by atoms with van der Waals surface area (Å²) in [6.07, 6.45) is 1.54. The van der Waals surface area contributed by atoms with E-state index in [1.807, 2.05) is 11.6 Å². The van der Waals surface area contributed by atoms with E-state index in [0.29, 0.717) is 22.5 Å². The molecular formula is C9H13N7S. The molecule has 2 rings (SSSR count). The molecule has 0 bridgehead atoms. The number of rotatable bonds is 4. The van der Waals surface area contributed by atoms with Crippen molar-refractivity contribution in [2.75, 3.05) is 11.5 Å². The smallest absolute Gasteiger partial charge is 0.191 e. The quantitative estimate of drug-likeness (QED) is 0.603. The van der Waals surface area contributed by atoms with Crippen LogP contribution in [-0.2, 0) is 12.3 Å². The standard InChI is InChI=1S/C9H13N7S/c1-2-16-8(12-5-13-16)4-17-9-14-6(10)3-7(11)15-9/h3,5H,2,4H2,1H3,(H4,10,11,14,15). The Balaban J connectivity index is 2.07. The van der Waals surface area contributed by atoms with Gasteiger partial charge in [-0.3, -0.25) is 0 Å². The van der Waals surface area contributed by atoms with Crippen LogP contribution in [0.4, 0.5) is 11.6 Å². The molecule has 17 heavy (non-hydrogen) atoms. The summed E-state index contributed by atoms with van der Waals surface area (Å²) >= 11 is 1.43. The average Bonchev–Trinajstić information content (AvgIpc) is 2.72. The molecule has 0 fully saturated rings. The molecule has 0 aliphatic rings. The van der Waals surface area contributed by atoms with Crippen molar-refractivity contribution in [1.29, 1.82) is 0 Å². The van der Waals surface area contributed by atoms with E-state index >= 15 is 0 Å². The van der Waals surface area contributed by atoms with Crippen LogP contribution in [0.25, 0.3) is 0 Å². The van der Waals surface area contributed by atoms with Gasteiger partial charge in [-0.25, -0.2) is 19.6 Å². The van der Waals surface area contributed by atoms with Crippen LogP contribution in [0.1, 0.15) is 12.7 Å². The number of aromatic nitrogens is 5. The first-order valence-electron chi connectivity index (χ1n) is 5.08. The van der Waals surface area contributed by atoms with E-state index in [-0.39, 0.29) is 0 Å². The summed E-state index contributed by atoms with van der Waals surface area (Å²) in [6, 6.07) is 1.53. The SMILES string of the molecule is CCn1ncnc1CSc1nc(N)cc(N)n1. The zero-order valence-corrected chi connectivity index (χ0v) is 10.2. The zero-order valence-electron chi connectivity index (χ0n) is 9.37. The summed E-state index contributed by atoms with van der Waals surface area (Å²) < 4.78 is 1.82. The Morgan fingerprint density at radius 1 is 1.29 bits per heavy atom. The molecule has 90 valence electrons. The van der Waals surface area contributed by atoms with Crippen LogP contribution in [0.3, 0.4) is 0 Å². The van der Waals surface area contributed by atoms with E-state index in [9.17, 15) is 0 Å². The average molecular weight is 251 g/mol. The van der Waals surface area contributed by atoms with Gasteiger partial charge in [0.2, 0.25) is 0 Å². The second-order valence-corrected chi connectivity index (χ2v) is 4.22. The van der Waals surface area contributed by atoms with Crippen molar-refractivity contribution < 1.29 is 0 Å². The van der Waals surface area contributed by atoms with E-state index < -0.39 is 0 Å². The van der Waals surface area contributed by atoms with Gasteiger partial charge in [0, 0.05) is 12.6 Å². The first kappa shape index (κ1) is 11.6. The first-order valence-corrected chi connectivity index (χ1v) is 6.07. The second-order valence-electron chi connectivity index (χ2n) is 3.28. The van der Waals surface area contributed by atoms with Crippen molar-refractivity contribution in [2.45, 2.75) is 24.4 Å². The number of nitrogens with two attached hydrogens (primary N) is 2. The lowest BCUT2D eigenvalue weighted by Crippen LogP contribution is -2.03. The number of thioether (sulfide) groups is 1. The summed E-state index contributed by atoms with van der Waals surface area (Å²) in [5, 5.41) is 4.63. The van der Waals surface area contributed by atoms with Crippen LogP contribution in [0.15, 0.2) is 17.6 Å². The molecule has 0 aromatic carbocycles. The predicted octanol–water partition coefficient (Wildman–Crippen LogP) is 0.545. The Morgan fingerprint density at radius 2 is 2.00 bits per heavy atom. The van der Waals surface area contributed by atoms with Crippen LogP contribution in [0.2, 0.25) is 0 Å². The van der Waals surface area contributed by atoms with Crippen molar-refractivity contribution in [3.05, 3.63) is 18.2 Å². The third kappa shape index (κ3) is 2.84. The minimum atomic E-state index is 0.372. The molecule has 0 spiro atoms. The molecule has 0 aliphatic heterocycles. The predicted molar refractivity (Wildman–Crippen MR) is 66.1 cm³/mol. The maximum Gasteiger partial charge on any atom is 0.191 e. The normalized spacial score (nSPS) is 10.6. The van der Waals surface area contributed by atoms with Gasteiger partial charge < -0.3 is 11.5 Å². The lowest BCUT2D eigenvalue weighted by Gasteiger charge is -2.03. The van der Waals surface area contributed by atoms with Crippen molar-refractivity contribution in [2.24, 2.45) is 0 Å². The highest BCUT2D eigenvalue weighted by molar-refractivity contribution is 7.98. The third-order valence-electron chi connectivity index (χ3n) is 2.07. The minimum absolute atomic E-state index is 0.372. The van der Waals surface area contributed by atoms with Crippen molar-refractivity contribution in [3.8, 4) is 0 Å². The molecule has 0 radical (unpaired) electrons. The number of nitrogens with zero attached hydrogens (tertiary/aromatic N) is 5. The first-order chi connectivity index (χ1) is 8.19. The van der Waals surface area contributed by atoms with E-state index in [0.717, 1.165) is 12.4 Å².